The van der Waals surface area contributed by atoms with Crippen LogP contribution in [0.4, 0.5) is 5.69 Å². The highest BCUT2D eigenvalue weighted by molar-refractivity contribution is 5.90. The average Bonchev–Trinajstić information content (AvgIpc) is 2.58. The van der Waals surface area contributed by atoms with Gasteiger partial charge in [0.15, 0.2) is 0 Å². The van der Waals surface area contributed by atoms with E-state index >= 15 is 0 Å². The average molecular weight is 312 g/mol. The molecule has 0 spiro atoms. The summed E-state index contributed by atoms with van der Waals surface area (Å²) in [5.41, 5.74) is 2.01. The second kappa shape index (κ2) is 9.64. The first-order chi connectivity index (χ1) is 11.3. The molecule has 2 aromatic rings. The minimum atomic E-state index is 0.0160. The number of nitrogens with one attached hydrogen (secondary N) is 2. The monoisotopic (exact) mass is 312 g/mol. The lowest BCUT2D eigenvalue weighted by atomic mass is 10.2. The Morgan fingerprint density at radius 2 is 1.91 bits per heavy atom. The van der Waals surface area contributed by atoms with Gasteiger partial charge in [-0.3, -0.25) is 4.79 Å². The van der Waals surface area contributed by atoms with Crippen molar-refractivity contribution in [2.24, 2.45) is 0 Å². The van der Waals surface area contributed by atoms with Gasteiger partial charge in [-0.05, 0) is 42.8 Å². The number of carbonyl (C=O) groups excluding carboxylic acids is 1. The predicted molar refractivity (Wildman–Crippen MR) is 93.6 cm³/mol. The topological polar surface area (TPSA) is 50.4 Å². The highest BCUT2D eigenvalue weighted by Crippen LogP contribution is 2.12. The molecule has 4 heteroatoms. The zero-order chi connectivity index (χ0) is 16.3. The van der Waals surface area contributed by atoms with Crippen LogP contribution in [0.15, 0.2) is 54.6 Å². The summed E-state index contributed by atoms with van der Waals surface area (Å²) in [5.74, 6) is 0.853. The van der Waals surface area contributed by atoms with Crippen molar-refractivity contribution in [3.8, 4) is 5.75 Å². The lowest BCUT2D eigenvalue weighted by Crippen LogP contribution is -2.14. The fourth-order valence-corrected chi connectivity index (χ4v) is 2.19. The van der Waals surface area contributed by atoms with E-state index in [2.05, 4.69) is 17.6 Å². The molecule has 0 aliphatic rings. The molecular formula is C19H24N2O2. The van der Waals surface area contributed by atoms with E-state index in [4.69, 9.17) is 4.74 Å². The number of para-hydroxylation sites is 1. The van der Waals surface area contributed by atoms with Crippen molar-refractivity contribution >= 4 is 11.6 Å². The van der Waals surface area contributed by atoms with Gasteiger partial charge in [-0.25, -0.2) is 0 Å². The van der Waals surface area contributed by atoms with Gasteiger partial charge < -0.3 is 15.4 Å². The van der Waals surface area contributed by atoms with Crippen LogP contribution in [0.2, 0.25) is 0 Å². The van der Waals surface area contributed by atoms with E-state index < -0.39 is 0 Å². The third-order valence-corrected chi connectivity index (χ3v) is 3.35. The number of carbonyl (C=O) groups is 1. The quantitative estimate of drug-likeness (QED) is 0.696. The van der Waals surface area contributed by atoms with Crippen LogP contribution in [0.1, 0.15) is 25.3 Å². The summed E-state index contributed by atoms with van der Waals surface area (Å²) in [6.45, 7) is 4.35. The van der Waals surface area contributed by atoms with Crippen molar-refractivity contribution in [3.05, 3.63) is 60.2 Å². The minimum Gasteiger partial charge on any atom is -0.494 e. The molecule has 0 saturated carbocycles. The van der Waals surface area contributed by atoms with E-state index in [1.807, 2.05) is 54.6 Å². The molecule has 0 aliphatic heterocycles. The zero-order valence-corrected chi connectivity index (χ0v) is 13.5. The summed E-state index contributed by atoms with van der Waals surface area (Å²) in [5, 5.41) is 6.21. The first-order valence-electron chi connectivity index (χ1n) is 8.05. The summed E-state index contributed by atoms with van der Waals surface area (Å²) in [6.07, 6.45) is 1.14. The Hall–Kier alpha value is -2.33. The molecule has 23 heavy (non-hydrogen) atoms. The summed E-state index contributed by atoms with van der Waals surface area (Å²) in [6, 6.07) is 17.6. The van der Waals surface area contributed by atoms with Gasteiger partial charge >= 0.3 is 0 Å². The van der Waals surface area contributed by atoms with Crippen LogP contribution in [0.25, 0.3) is 0 Å². The van der Waals surface area contributed by atoms with Gasteiger partial charge in [-0.2, -0.15) is 0 Å². The summed E-state index contributed by atoms with van der Waals surface area (Å²) >= 11 is 0. The predicted octanol–water partition coefficient (Wildman–Crippen LogP) is 3.59. The Morgan fingerprint density at radius 3 is 2.70 bits per heavy atom. The Balaban J connectivity index is 1.70. The number of benzene rings is 2. The van der Waals surface area contributed by atoms with Crippen LogP contribution in [-0.4, -0.2) is 19.1 Å². The molecule has 2 rings (SSSR count). The van der Waals surface area contributed by atoms with Gasteiger partial charge in [0.25, 0.3) is 0 Å². The minimum absolute atomic E-state index is 0.0160. The standard InChI is InChI=1S/C19H24N2O2/c1-2-20-15-16-8-6-9-17(14-16)21-19(22)12-7-13-23-18-10-4-3-5-11-18/h3-6,8-11,14,20H,2,7,12-13,15H2,1H3,(H,21,22). The number of amides is 1. The molecule has 0 atom stereocenters. The molecule has 1 amide bonds. The fraction of sp³-hybridized carbons (Fsp3) is 0.316. The van der Waals surface area contributed by atoms with Crippen LogP contribution < -0.4 is 15.4 Å². The largest absolute Gasteiger partial charge is 0.494 e. The Kier molecular flexibility index (Phi) is 7.14. The maximum absolute atomic E-state index is 12.0. The first-order valence-corrected chi connectivity index (χ1v) is 8.05. The van der Waals surface area contributed by atoms with Crippen molar-refractivity contribution in [1.29, 1.82) is 0 Å². The number of ether oxygens (including phenoxy) is 1. The molecule has 0 bridgehead atoms. The van der Waals surface area contributed by atoms with E-state index in [1.54, 1.807) is 0 Å². The molecule has 2 N–H and O–H groups in total. The SMILES string of the molecule is CCNCc1cccc(NC(=O)CCCOc2ccccc2)c1. The van der Waals surface area contributed by atoms with Crippen LogP contribution in [0, 0.1) is 0 Å². The smallest absolute Gasteiger partial charge is 0.224 e. The van der Waals surface area contributed by atoms with Crippen molar-refractivity contribution in [2.75, 3.05) is 18.5 Å². The molecular weight excluding hydrogens is 288 g/mol. The third-order valence-electron chi connectivity index (χ3n) is 3.35. The lowest BCUT2D eigenvalue weighted by molar-refractivity contribution is -0.116. The van der Waals surface area contributed by atoms with Crippen molar-refractivity contribution in [1.82, 2.24) is 5.32 Å². The third kappa shape index (κ3) is 6.53. The van der Waals surface area contributed by atoms with E-state index in [1.165, 1.54) is 0 Å². The highest BCUT2D eigenvalue weighted by atomic mass is 16.5. The van der Waals surface area contributed by atoms with Gasteiger partial charge in [0.2, 0.25) is 5.91 Å². The van der Waals surface area contributed by atoms with E-state index in [-0.39, 0.29) is 5.91 Å². The highest BCUT2D eigenvalue weighted by Gasteiger charge is 2.03. The molecule has 0 aliphatic carbocycles. The molecule has 0 heterocycles. The number of rotatable bonds is 9. The summed E-state index contributed by atoms with van der Waals surface area (Å²) in [7, 11) is 0. The van der Waals surface area contributed by atoms with Gasteiger partial charge in [0, 0.05) is 18.7 Å². The van der Waals surface area contributed by atoms with Gasteiger partial charge in [0.1, 0.15) is 5.75 Å². The summed E-state index contributed by atoms with van der Waals surface area (Å²) in [4.78, 5) is 12.0. The van der Waals surface area contributed by atoms with Crippen LogP contribution >= 0.6 is 0 Å². The molecule has 0 radical (unpaired) electrons. The number of hydrogen-bond donors (Lipinski definition) is 2. The van der Waals surface area contributed by atoms with E-state index in [0.29, 0.717) is 19.4 Å². The molecule has 4 nitrogen and oxygen atoms in total. The number of hydrogen-bond acceptors (Lipinski definition) is 3. The Bertz CT molecular complexity index is 599. The van der Waals surface area contributed by atoms with Crippen molar-refractivity contribution in [3.63, 3.8) is 0 Å². The molecule has 0 saturated heterocycles. The molecule has 0 aromatic heterocycles. The second-order valence-corrected chi connectivity index (χ2v) is 5.29. The lowest BCUT2D eigenvalue weighted by Gasteiger charge is -2.08. The van der Waals surface area contributed by atoms with Gasteiger partial charge in [-0.1, -0.05) is 37.3 Å². The van der Waals surface area contributed by atoms with Crippen molar-refractivity contribution in [2.45, 2.75) is 26.3 Å². The van der Waals surface area contributed by atoms with Gasteiger partial charge in [0.05, 0.1) is 6.61 Å². The summed E-state index contributed by atoms with van der Waals surface area (Å²) < 4.78 is 5.58. The molecule has 122 valence electrons. The zero-order valence-electron chi connectivity index (χ0n) is 13.5. The second-order valence-electron chi connectivity index (χ2n) is 5.29. The fourth-order valence-electron chi connectivity index (χ4n) is 2.19. The Morgan fingerprint density at radius 1 is 1.09 bits per heavy atom. The van der Waals surface area contributed by atoms with E-state index in [9.17, 15) is 4.79 Å². The number of anilines is 1. The molecule has 0 unspecified atom stereocenters. The van der Waals surface area contributed by atoms with E-state index in [0.717, 1.165) is 30.1 Å². The van der Waals surface area contributed by atoms with Crippen LogP contribution in [0.5, 0.6) is 5.75 Å². The maximum Gasteiger partial charge on any atom is 0.224 e. The van der Waals surface area contributed by atoms with Crippen LogP contribution in [-0.2, 0) is 11.3 Å². The van der Waals surface area contributed by atoms with Crippen molar-refractivity contribution < 1.29 is 9.53 Å². The molecule has 0 fully saturated rings. The Labute approximate surface area is 137 Å². The molecule has 2 aromatic carbocycles. The van der Waals surface area contributed by atoms with Crippen LogP contribution in [0.3, 0.4) is 0 Å². The van der Waals surface area contributed by atoms with Gasteiger partial charge in [-0.15, -0.1) is 0 Å². The first kappa shape index (κ1) is 17.0. The normalized spacial score (nSPS) is 10.3. The maximum atomic E-state index is 12.0.